The van der Waals surface area contributed by atoms with Crippen LogP contribution in [0.1, 0.15) is 107 Å². The summed E-state index contributed by atoms with van der Waals surface area (Å²) in [5.74, 6) is 1.90. The van der Waals surface area contributed by atoms with Crippen LogP contribution in [0.4, 0.5) is 0 Å². The van der Waals surface area contributed by atoms with Crippen molar-refractivity contribution in [3.8, 4) is 5.75 Å². The first-order valence-electron chi connectivity index (χ1n) is 21.9. The van der Waals surface area contributed by atoms with Crippen LogP contribution in [0.2, 0.25) is 0 Å². The van der Waals surface area contributed by atoms with E-state index in [0.29, 0.717) is 55.4 Å². The molecule has 14 nitrogen and oxygen atoms in total. The predicted octanol–water partition coefficient (Wildman–Crippen LogP) is 3.63. The van der Waals surface area contributed by atoms with E-state index in [1.807, 2.05) is 36.4 Å². The summed E-state index contributed by atoms with van der Waals surface area (Å²) in [6, 6.07) is 9.08. The Morgan fingerprint density at radius 3 is 1.86 bits per heavy atom. The highest BCUT2D eigenvalue weighted by molar-refractivity contribution is 5.92. The second kappa shape index (κ2) is 22.7. The van der Waals surface area contributed by atoms with E-state index in [-0.39, 0.29) is 55.0 Å². The molecule has 0 bridgehead atoms. The molecule has 0 radical (unpaired) electrons. The molecule has 1 aromatic heterocycles. The largest absolute Gasteiger partial charge is 0.496 e. The summed E-state index contributed by atoms with van der Waals surface area (Å²) in [5.41, 5.74) is 13.7. The Morgan fingerprint density at radius 2 is 1.32 bits per heavy atom. The molecule has 2 saturated heterocycles. The maximum Gasteiger partial charge on any atom is 0.243 e. The number of likely N-dealkylation sites (tertiary alicyclic amines) is 2. The van der Waals surface area contributed by atoms with Gasteiger partial charge in [-0.05, 0) is 60.3 Å². The quantitative estimate of drug-likeness (QED) is 0.189. The third-order valence-electron chi connectivity index (χ3n) is 13.2. The number of aromatic nitrogens is 1. The van der Waals surface area contributed by atoms with E-state index < -0.39 is 18.1 Å². The van der Waals surface area contributed by atoms with Crippen LogP contribution in [-0.4, -0.2) is 103 Å². The molecule has 59 heavy (non-hydrogen) atoms. The van der Waals surface area contributed by atoms with Gasteiger partial charge in [-0.2, -0.15) is 0 Å². The van der Waals surface area contributed by atoms with Gasteiger partial charge < -0.3 is 42.0 Å². The molecule has 324 valence electrons. The lowest BCUT2D eigenvalue weighted by Crippen LogP contribution is -2.53. The Labute approximate surface area is 350 Å². The fourth-order valence-electron chi connectivity index (χ4n) is 9.91. The molecular weight excluding hydrogens is 749 g/mol. The van der Waals surface area contributed by atoms with Gasteiger partial charge in [0.2, 0.25) is 29.5 Å². The lowest BCUT2D eigenvalue weighted by molar-refractivity contribution is -0.139. The number of hydrogen-bond acceptors (Lipinski definition) is 9. The molecule has 3 heterocycles. The minimum Gasteiger partial charge on any atom is -0.496 e. The molecular formula is C45H68N8O6. The number of benzene rings is 1. The third kappa shape index (κ3) is 12.3. The molecule has 6 rings (SSSR count). The van der Waals surface area contributed by atoms with E-state index in [0.717, 1.165) is 17.5 Å². The number of nitrogens with one attached hydrogen (secondary N) is 3. The number of rotatable bonds is 14. The van der Waals surface area contributed by atoms with Gasteiger partial charge in [-0.1, -0.05) is 82.4 Å². The van der Waals surface area contributed by atoms with Crippen molar-refractivity contribution in [2.24, 2.45) is 35.1 Å². The zero-order valence-corrected chi connectivity index (χ0v) is 35.4. The van der Waals surface area contributed by atoms with E-state index >= 15 is 0 Å². The number of amides is 5. The van der Waals surface area contributed by atoms with Gasteiger partial charge in [-0.25, -0.2) is 0 Å². The number of nitrogens with zero attached hydrogens (tertiary/aromatic N) is 3. The highest BCUT2D eigenvalue weighted by atomic mass is 16.5. The van der Waals surface area contributed by atoms with Crippen molar-refractivity contribution in [3.05, 3.63) is 59.9 Å². The zero-order chi connectivity index (χ0) is 42.3. The monoisotopic (exact) mass is 817 g/mol. The fourth-order valence-corrected chi connectivity index (χ4v) is 9.91. The standard InChI is InChI=1S/C23H35N5O3.C22H33N3O3/c1-25-22(30)19(13-16-8-11-26-12-9-16)27-23(31)20-14-18(17-5-3-2-4-6-17)15-28(20)21(29)7-10-24;1-24-22(27)19-12-16(15-8-4-3-5-9-15)14-25(19)21(26)13-18(23)17-10-6-7-11-20(17)28-2/h8-9,11-12,17-20H,2-7,10,13-15,24H2,1H3,(H,25,30)(H,27,31);6-7,10-11,15-16,18-19H,3-5,8-9,12-14,23H2,1-2H3,(H,24,27)/t18?,19-,20-;16?,18-,19-/m00/s1. The van der Waals surface area contributed by atoms with E-state index in [9.17, 15) is 24.0 Å². The Bertz CT molecular complexity index is 1680. The molecule has 4 aliphatic rings. The average Bonchev–Trinajstić information content (AvgIpc) is 3.94. The summed E-state index contributed by atoms with van der Waals surface area (Å²) in [6.45, 7) is 1.54. The van der Waals surface area contributed by atoms with Gasteiger partial charge in [0.1, 0.15) is 23.9 Å². The topological polar surface area (TPSA) is 202 Å². The highest BCUT2D eigenvalue weighted by Gasteiger charge is 2.44. The fraction of sp³-hybridized carbons (Fsp3) is 0.644. The smallest absolute Gasteiger partial charge is 0.243 e. The molecule has 2 aliphatic heterocycles. The Kier molecular flexibility index (Phi) is 17.5. The van der Waals surface area contributed by atoms with Crippen molar-refractivity contribution < 1.29 is 28.7 Å². The van der Waals surface area contributed by atoms with Crippen molar-refractivity contribution in [1.82, 2.24) is 30.7 Å². The number of hydrogen-bond donors (Lipinski definition) is 5. The summed E-state index contributed by atoms with van der Waals surface area (Å²) in [4.78, 5) is 71.5. The second-order valence-corrected chi connectivity index (χ2v) is 16.9. The van der Waals surface area contributed by atoms with Crippen molar-refractivity contribution >= 4 is 29.5 Å². The Hall–Kier alpha value is -4.56. The van der Waals surface area contributed by atoms with Crippen LogP contribution in [-0.2, 0) is 30.4 Å². The van der Waals surface area contributed by atoms with Crippen LogP contribution in [0.3, 0.4) is 0 Å². The molecule has 2 aromatic rings. The van der Waals surface area contributed by atoms with Gasteiger partial charge >= 0.3 is 0 Å². The normalized spacial score (nSPS) is 23.3. The van der Waals surface area contributed by atoms with Crippen LogP contribution in [0.5, 0.6) is 5.75 Å². The number of carbonyl (C=O) groups excluding carboxylic acids is 5. The Morgan fingerprint density at radius 1 is 0.763 bits per heavy atom. The second-order valence-electron chi connectivity index (χ2n) is 16.9. The molecule has 5 amide bonds. The summed E-state index contributed by atoms with van der Waals surface area (Å²) in [7, 11) is 4.80. The van der Waals surface area contributed by atoms with E-state index in [2.05, 4.69) is 20.9 Å². The number of pyridine rings is 1. The Balaban J connectivity index is 0.000000225. The molecule has 7 N–H and O–H groups in total. The summed E-state index contributed by atoms with van der Waals surface area (Å²) in [5, 5.41) is 8.28. The zero-order valence-electron chi connectivity index (χ0n) is 35.4. The number of methoxy groups -OCH3 is 1. The SMILES string of the molecule is CNC(=O)[C@@H]1CC(C2CCCCC2)CN1C(=O)C[C@H](N)c1ccccc1OC.CNC(=O)[C@H](Cc1ccncc1)NC(=O)[C@@H]1CC(C2CCCCC2)CN1C(=O)CCN. The minimum absolute atomic E-state index is 0.0506. The number of likely N-dealkylation sites (N-methyl/N-ethyl adjacent to an activating group) is 2. The van der Waals surface area contributed by atoms with E-state index in [1.54, 1.807) is 43.4 Å². The van der Waals surface area contributed by atoms with Crippen molar-refractivity contribution in [3.63, 3.8) is 0 Å². The van der Waals surface area contributed by atoms with Gasteiger partial charge in [0.25, 0.3) is 0 Å². The van der Waals surface area contributed by atoms with Crippen molar-refractivity contribution in [2.75, 3.05) is 40.8 Å². The molecule has 2 aliphatic carbocycles. The third-order valence-corrected chi connectivity index (χ3v) is 13.2. The van der Waals surface area contributed by atoms with Crippen LogP contribution >= 0.6 is 0 Å². The lowest BCUT2D eigenvalue weighted by atomic mass is 9.79. The molecule has 14 heteroatoms. The number of carbonyl (C=O) groups is 5. The lowest BCUT2D eigenvalue weighted by Gasteiger charge is -2.28. The first-order chi connectivity index (χ1) is 28.6. The van der Waals surface area contributed by atoms with Crippen molar-refractivity contribution in [2.45, 2.75) is 120 Å². The first-order valence-corrected chi connectivity index (χ1v) is 21.9. The molecule has 1 aromatic carbocycles. The number of ether oxygens (including phenoxy) is 1. The van der Waals surface area contributed by atoms with Crippen LogP contribution in [0.25, 0.3) is 0 Å². The summed E-state index contributed by atoms with van der Waals surface area (Å²) < 4.78 is 5.38. The van der Waals surface area contributed by atoms with Gasteiger partial charge in [0.05, 0.1) is 7.11 Å². The van der Waals surface area contributed by atoms with Gasteiger partial charge in [0, 0.05) is 77.0 Å². The predicted molar refractivity (Wildman–Crippen MR) is 227 cm³/mol. The van der Waals surface area contributed by atoms with Gasteiger partial charge in [-0.3, -0.25) is 29.0 Å². The average molecular weight is 817 g/mol. The van der Waals surface area contributed by atoms with Crippen LogP contribution in [0, 0.1) is 23.7 Å². The van der Waals surface area contributed by atoms with Crippen LogP contribution < -0.4 is 32.2 Å². The molecule has 6 atom stereocenters. The highest BCUT2D eigenvalue weighted by Crippen LogP contribution is 2.39. The first kappa shape index (κ1) is 45.5. The maximum atomic E-state index is 13.3. The van der Waals surface area contributed by atoms with Crippen molar-refractivity contribution in [1.29, 1.82) is 0 Å². The van der Waals surface area contributed by atoms with Crippen LogP contribution in [0.15, 0.2) is 48.8 Å². The molecule has 4 fully saturated rings. The minimum atomic E-state index is -0.708. The number of nitrogens with two attached hydrogens (primary N) is 2. The van der Waals surface area contributed by atoms with Gasteiger partial charge in [-0.15, -0.1) is 0 Å². The molecule has 2 unspecified atom stereocenters. The summed E-state index contributed by atoms with van der Waals surface area (Å²) >= 11 is 0. The van der Waals surface area contributed by atoms with Gasteiger partial charge in [0.15, 0.2) is 0 Å². The van der Waals surface area contributed by atoms with E-state index in [1.165, 1.54) is 64.2 Å². The maximum absolute atomic E-state index is 13.3. The summed E-state index contributed by atoms with van der Waals surface area (Å²) in [6.07, 6.45) is 17.8. The van der Waals surface area contributed by atoms with E-state index in [4.69, 9.17) is 16.2 Å². The number of para-hydroxylation sites is 1. The molecule has 2 saturated carbocycles. The molecule has 0 spiro atoms.